The molecule has 22 heavy (non-hydrogen) atoms. The third kappa shape index (κ3) is 5.73. The molecule has 6 heteroatoms. The normalized spacial score (nSPS) is 10.4. The Morgan fingerprint density at radius 1 is 1.09 bits per heavy atom. The summed E-state index contributed by atoms with van der Waals surface area (Å²) in [5.74, 6) is -0.778. The molecule has 0 aliphatic carbocycles. The lowest BCUT2D eigenvalue weighted by molar-refractivity contribution is -0.136. The quantitative estimate of drug-likeness (QED) is 0.714. The second-order valence-electron chi connectivity index (χ2n) is 4.67. The van der Waals surface area contributed by atoms with Crippen molar-refractivity contribution < 1.29 is 14.3 Å². The second kappa shape index (κ2) is 9.78. The van der Waals surface area contributed by atoms with Gasteiger partial charge in [0.05, 0.1) is 12.3 Å². The molecule has 1 aromatic rings. The van der Waals surface area contributed by atoms with Crippen molar-refractivity contribution in [3.8, 4) is 5.75 Å². The van der Waals surface area contributed by atoms with Crippen molar-refractivity contribution in [1.29, 1.82) is 0 Å². The molecule has 0 aliphatic rings. The minimum Gasteiger partial charge on any atom is -0.492 e. The standard InChI is InChI=1S/C16H25N3O3/c1-4-19(5-2)12-11-17-15(20)16(21)18-13-9-7-8-10-14(13)22-6-3/h7-10H,4-6,11-12H2,1-3H3,(H,17,20)(H,18,21). The number of carbonyl (C=O) groups excluding carboxylic acids is 2. The van der Waals surface area contributed by atoms with Gasteiger partial charge in [-0.3, -0.25) is 9.59 Å². The average Bonchev–Trinajstić information content (AvgIpc) is 2.53. The molecule has 0 bridgehead atoms. The zero-order chi connectivity index (χ0) is 16.4. The van der Waals surface area contributed by atoms with Gasteiger partial charge in [0.1, 0.15) is 5.75 Å². The molecular weight excluding hydrogens is 282 g/mol. The highest BCUT2D eigenvalue weighted by molar-refractivity contribution is 6.39. The van der Waals surface area contributed by atoms with Gasteiger partial charge >= 0.3 is 11.8 Å². The van der Waals surface area contributed by atoms with Crippen LogP contribution in [0.15, 0.2) is 24.3 Å². The fourth-order valence-corrected chi connectivity index (χ4v) is 1.98. The van der Waals surface area contributed by atoms with E-state index in [2.05, 4.69) is 29.4 Å². The largest absolute Gasteiger partial charge is 0.492 e. The van der Waals surface area contributed by atoms with Gasteiger partial charge in [-0.25, -0.2) is 0 Å². The molecule has 0 aliphatic heterocycles. The molecule has 0 saturated heterocycles. The lowest BCUT2D eigenvalue weighted by Crippen LogP contribution is -2.40. The van der Waals surface area contributed by atoms with Crippen LogP contribution in [0.1, 0.15) is 20.8 Å². The van der Waals surface area contributed by atoms with Crippen molar-refractivity contribution in [3.63, 3.8) is 0 Å². The molecule has 0 aromatic heterocycles. The number of amides is 2. The van der Waals surface area contributed by atoms with Crippen molar-refractivity contribution in [1.82, 2.24) is 10.2 Å². The van der Waals surface area contributed by atoms with Gasteiger partial charge in [0, 0.05) is 13.1 Å². The average molecular weight is 307 g/mol. The Kier molecular flexibility index (Phi) is 7.99. The van der Waals surface area contributed by atoms with Gasteiger partial charge in [-0.2, -0.15) is 0 Å². The Bertz CT molecular complexity index is 487. The van der Waals surface area contributed by atoms with Crippen LogP contribution in [0.5, 0.6) is 5.75 Å². The summed E-state index contributed by atoms with van der Waals surface area (Å²) in [6.45, 7) is 9.47. The monoisotopic (exact) mass is 307 g/mol. The molecule has 0 heterocycles. The smallest absolute Gasteiger partial charge is 0.313 e. The molecule has 0 saturated carbocycles. The SMILES string of the molecule is CCOc1ccccc1NC(=O)C(=O)NCCN(CC)CC. The summed E-state index contributed by atoms with van der Waals surface area (Å²) in [6, 6.07) is 7.03. The predicted molar refractivity (Wildman–Crippen MR) is 87.0 cm³/mol. The van der Waals surface area contributed by atoms with Crippen molar-refractivity contribution >= 4 is 17.5 Å². The van der Waals surface area contributed by atoms with Crippen LogP contribution in [0.2, 0.25) is 0 Å². The molecule has 122 valence electrons. The van der Waals surface area contributed by atoms with E-state index in [0.717, 1.165) is 19.6 Å². The molecule has 1 rings (SSSR count). The second-order valence-corrected chi connectivity index (χ2v) is 4.67. The number of nitrogens with zero attached hydrogens (tertiary/aromatic N) is 1. The van der Waals surface area contributed by atoms with Crippen LogP contribution in [0.4, 0.5) is 5.69 Å². The maximum absolute atomic E-state index is 11.9. The van der Waals surface area contributed by atoms with Crippen LogP contribution in [0.3, 0.4) is 0 Å². The first-order valence-corrected chi connectivity index (χ1v) is 7.65. The van der Waals surface area contributed by atoms with Gasteiger partial charge in [0.25, 0.3) is 0 Å². The molecule has 0 fully saturated rings. The number of ether oxygens (including phenoxy) is 1. The van der Waals surface area contributed by atoms with Crippen LogP contribution in [-0.2, 0) is 9.59 Å². The van der Waals surface area contributed by atoms with Crippen LogP contribution >= 0.6 is 0 Å². The van der Waals surface area contributed by atoms with E-state index < -0.39 is 11.8 Å². The van der Waals surface area contributed by atoms with Gasteiger partial charge in [0.2, 0.25) is 0 Å². The lowest BCUT2D eigenvalue weighted by atomic mass is 10.3. The third-order valence-corrected chi connectivity index (χ3v) is 3.25. The minimum atomic E-state index is -0.688. The van der Waals surface area contributed by atoms with E-state index in [0.29, 0.717) is 24.6 Å². The van der Waals surface area contributed by atoms with Gasteiger partial charge in [-0.1, -0.05) is 26.0 Å². The summed E-state index contributed by atoms with van der Waals surface area (Å²) >= 11 is 0. The summed E-state index contributed by atoms with van der Waals surface area (Å²) in [4.78, 5) is 25.9. The highest BCUT2D eigenvalue weighted by Gasteiger charge is 2.15. The first kappa shape index (κ1) is 18.0. The van der Waals surface area contributed by atoms with E-state index in [-0.39, 0.29) is 0 Å². The third-order valence-electron chi connectivity index (χ3n) is 3.25. The summed E-state index contributed by atoms with van der Waals surface area (Å²) in [7, 11) is 0. The Hall–Kier alpha value is -2.08. The maximum atomic E-state index is 11.9. The van der Waals surface area contributed by atoms with Crippen LogP contribution in [-0.4, -0.2) is 49.5 Å². The topological polar surface area (TPSA) is 70.7 Å². The Labute approximate surface area is 131 Å². The number of nitrogens with one attached hydrogen (secondary N) is 2. The number of anilines is 1. The molecule has 0 unspecified atom stereocenters. The van der Waals surface area contributed by atoms with Crippen molar-refractivity contribution in [2.24, 2.45) is 0 Å². The number of benzene rings is 1. The lowest BCUT2D eigenvalue weighted by Gasteiger charge is -2.17. The number of carbonyl (C=O) groups is 2. The fourth-order valence-electron chi connectivity index (χ4n) is 1.98. The van der Waals surface area contributed by atoms with Crippen molar-refractivity contribution in [2.45, 2.75) is 20.8 Å². The molecule has 2 N–H and O–H groups in total. The fraction of sp³-hybridized carbons (Fsp3) is 0.500. The Balaban J connectivity index is 2.49. The number of hydrogen-bond acceptors (Lipinski definition) is 4. The van der Waals surface area contributed by atoms with Crippen LogP contribution in [0, 0.1) is 0 Å². The molecular formula is C16H25N3O3. The summed E-state index contributed by atoms with van der Waals surface area (Å²) in [6.07, 6.45) is 0. The van der Waals surface area contributed by atoms with E-state index in [1.54, 1.807) is 18.2 Å². The summed E-state index contributed by atoms with van der Waals surface area (Å²) in [5.41, 5.74) is 0.494. The van der Waals surface area contributed by atoms with Crippen molar-refractivity contribution in [3.05, 3.63) is 24.3 Å². The number of rotatable bonds is 8. The summed E-state index contributed by atoms with van der Waals surface area (Å²) < 4.78 is 5.41. The van der Waals surface area contributed by atoms with Crippen LogP contribution < -0.4 is 15.4 Å². The highest BCUT2D eigenvalue weighted by atomic mass is 16.5. The molecule has 0 radical (unpaired) electrons. The summed E-state index contributed by atoms with van der Waals surface area (Å²) in [5, 5.41) is 5.19. The predicted octanol–water partition coefficient (Wildman–Crippen LogP) is 1.48. The Morgan fingerprint density at radius 2 is 1.77 bits per heavy atom. The van der Waals surface area contributed by atoms with Gasteiger partial charge in [-0.05, 0) is 32.1 Å². The maximum Gasteiger partial charge on any atom is 0.313 e. The van der Waals surface area contributed by atoms with Gasteiger partial charge < -0.3 is 20.3 Å². The number of likely N-dealkylation sites (N-methyl/N-ethyl adjacent to an activating group) is 1. The van der Waals surface area contributed by atoms with E-state index in [1.807, 2.05) is 13.0 Å². The van der Waals surface area contributed by atoms with E-state index >= 15 is 0 Å². The minimum absolute atomic E-state index is 0.445. The van der Waals surface area contributed by atoms with E-state index in [1.165, 1.54) is 0 Å². The molecule has 0 atom stereocenters. The molecule has 6 nitrogen and oxygen atoms in total. The Morgan fingerprint density at radius 3 is 2.41 bits per heavy atom. The van der Waals surface area contributed by atoms with E-state index in [4.69, 9.17) is 4.74 Å². The first-order valence-electron chi connectivity index (χ1n) is 7.65. The zero-order valence-corrected chi connectivity index (χ0v) is 13.5. The van der Waals surface area contributed by atoms with Gasteiger partial charge in [-0.15, -0.1) is 0 Å². The zero-order valence-electron chi connectivity index (χ0n) is 13.5. The highest BCUT2D eigenvalue weighted by Crippen LogP contribution is 2.23. The first-order chi connectivity index (χ1) is 10.6. The van der Waals surface area contributed by atoms with Crippen molar-refractivity contribution in [2.75, 3.05) is 38.1 Å². The van der Waals surface area contributed by atoms with E-state index in [9.17, 15) is 9.59 Å². The number of hydrogen-bond donors (Lipinski definition) is 2. The van der Waals surface area contributed by atoms with Crippen LogP contribution in [0.25, 0.3) is 0 Å². The molecule has 1 aromatic carbocycles. The number of para-hydroxylation sites is 2. The van der Waals surface area contributed by atoms with Gasteiger partial charge in [0.15, 0.2) is 0 Å². The molecule has 0 spiro atoms. The molecule has 2 amide bonds.